The van der Waals surface area contributed by atoms with Crippen molar-refractivity contribution in [1.29, 1.82) is 0 Å². The molecule has 1 N–H and O–H groups in total. The molecule has 0 saturated carbocycles. The zero-order valence-corrected chi connectivity index (χ0v) is 11.4. The van der Waals surface area contributed by atoms with Crippen molar-refractivity contribution >= 4 is 0 Å². The molecule has 1 aromatic rings. The van der Waals surface area contributed by atoms with Crippen molar-refractivity contribution in [3.63, 3.8) is 0 Å². The van der Waals surface area contributed by atoms with Crippen LogP contribution in [-0.4, -0.2) is 29.2 Å². The highest BCUT2D eigenvalue weighted by Gasteiger charge is 2.30. The Hall–Kier alpha value is -1.07. The first kappa shape index (κ1) is 15.3. The Bertz CT molecular complexity index is 433. The highest BCUT2D eigenvalue weighted by Crippen LogP contribution is 2.30. The van der Waals surface area contributed by atoms with E-state index in [1.165, 1.54) is 12.1 Å². The predicted octanol–water partition coefficient (Wildman–Crippen LogP) is 3.44. The lowest BCUT2D eigenvalue weighted by atomic mass is 10.1. The average Bonchev–Trinajstić information content (AvgIpc) is 2.63. The van der Waals surface area contributed by atoms with Crippen LogP contribution in [-0.2, 0) is 12.7 Å². The van der Waals surface area contributed by atoms with Crippen LogP contribution in [0.2, 0.25) is 0 Å². The normalized spacial score (nSPS) is 21.7. The van der Waals surface area contributed by atoms with Crippen molar-refractivity contribution in [2.75, 3.05) is 13.2 Å². The van der Waals surface area contributed by atoms with Crippen molar-refractivity contribution in [2.45, 2.75) is 44.4 Å². The zero-order valence-electron chi connectivity index (χ0n) is 11.4. The second-order valence-electron chi connectivity index (χ2n) is 5.35. The third kappa shape index (κ3) is 3.96. The second kappa shape index (κ2) is 6.59. The molecule has 1 atom stereocenters. The van der Waals surface area contributed by atoms with E-state index in [9.17, 15) is 18.3 Å². The molecule has 1 fully saturated rings. The number of hydrogen-bond donors (Lipinski definition) is 1. The summed E-state index contributed by atoms with van der Waals surface area (Å²) in [6.07, 6.45) is -0.157. The van der Waals surface area contributed by atoms with Crippen LogP contribution >= 0.6 is 0 Å². The molecule has 112 valence electrons. The molecular formula is C15H20F3NO. The first-order valence-electron chi connectivity index (χ1n) is 7.02. The van der Waals surface area contributed by atoms with Gasteiger partial charge in [-0.25, -0.2) is 0 Å². The van der Waals surface area contributed by atoms with E-state index in [0.717, 1.165) is 38.3 Å². The van der Waals surface area contributed by atoms with E-state index >= 15 is 0 Å². The molecule has 5 heteroatoms. The fraction of sp³-hybridized carbons (Fsp3) is 0.600. The molecule has 0 bridgehead atoms. The molecule has 0 amide bonds. The number of alkyl halides is 3. The number of likely N-dealkylation sites (tertiary alicyclic amines) is 1. The van der Waals surface area contributed by atoms with Gasteiger partial charge in [0, 0.05) is 12.6 Å². The summed E-state index contributed by atoms with van der Waals surface area (Å²) in [5.41, 5.74) is 0.0468. The van der Waals surface area contributed by atoms with Crippen LogP contribution in [0.1, 0.15) is 36.8 Å². The zero-order chi connectivity index (χ0) is 14.6. The second-order valence-corrected chi connectivity index (χ2v) is 5.35. The van der Waals surface area contributed by atoms with Gasteiger partial charge < -0.3 is 5.11 Å². The van der Waals surface area contributed by atoms with E-state index in [1.54, 1.807) is 6.07 Å². The highest BCUT2D eigenvalue weighted by molar-refractivity contribution is 5.25. The summed E-state index contributed by atoms with van der Waals surface area (Å²) in [6, 6.07) is 5.53. The number of halogens is 3. The molecule has 0 aromatic heterocycles. The number of nitrogens with zero attached hydrogens (tertiary/aromatic N) is 1. The number of benzene rings is 1. The topological polar surface area (TPSA) is 23.5 Å². The van der Waals surface area contributed by atoms with E-state index in [0.29, 0.717) is 12.1 Å². The molecule has 1 aliphatic heterocycles. The van der Waals surface area contributed by atoms with Crippen molar-refractivity contribution in [1.82, 2.24) is 4.90 Å². The Balaban J connectivity index is 2.11. The number of aliphatic hydroxyl groups excluding tert-OH is 1. The summed E-state index contributed by atoms with van der Waals surface area (Å²) in [6.45, 7) is 1.37. The molecule has 0 radical (unpaired) electrons. The van der Waals surface area contributed by atoms with Gasteiger partial charge >= 0.3 is 6.18 Å². The van der Waals surface area contributed by atoms with Gasteiger partial charge in [-0.05, 0) is 31.0 Å². The maximum Gasteiger partial charge on any atom is 0.416 e. The fourth-order valence-electron chi connectivity index (χ4n) is 2.73. The first-order valence-corrected chi connectivity index (χ1v) is 7.02. The molecule has 1 heterocycles. The van der Waals surface area contributed by atoms with Gasteiger partial charge in [0.05, 0.1) is 12.2 Å². The number of aliphatic hydroxyl groups is 1. The molecule has 1 unspecified atom stereocenters. The minimum atomic E-state index is -4.30. The van der Waals surface area contributed by atoms with Gasteiger partial charge in [0.25, 0.3) is 0 Å². The summed E-state index contributed by atoms with van der Waals surface area (Å²) in [7, 11) is 0. The van der Waals surface area contributed by atoms with Crippen molar-refractivity contribution in [3.8, 4) is 0 Å². The lowest BCUT2D eigenvalue weighted by Gasteiger charge is -2.28. The smallest absolute Gasteiger partial charge is 0.395 e. The van der Waals surface area contributed by atoms with Gasteiger partial charge in [-0.15, -0.1) is 0 Å². The van der Waals surface area contributed by atoms with E-state index in [1.807, 2.05) is 0 Å². The number of hydrogen-bond acceptors (Lipinski definition) is 2. The molecule has 0 aliphatic carbocycles. The van der Waals surface area contributed by atoms with Gasteiger partial charge in [0.2, 0.25) is 0 Å². The van der Waals surface area contributed by atoms with Crippen LogP contribution in [0.25, 0.3) is 0 Å². The Labute approximate surface area is 117 Å². The van der Waals surface area contributed by atoms with Gasteiger partial charge in [0.15, 0.2) is 0 Å². The van der Waals surface area contributed by atoms with Crippen LogP contribution in [0.3, 0.4) is 0 Å². The third-order valence-electron chi connectivity index (χ3n) is 3.85. The van der Waals surface area contributed by atoms with Gasteiger partial charge in [-0.2, -0.15) is 13.2 Å². The largest absolute Gasteiger partial charge is 0.416 e. The third-order valence-corrected chi connectivity index (χ3v) is 3.85. The van der Waals surface area contributed by atoms with E-state index in [4.69, 9.17) is 0 Å². The van der Waals surface area contributed by atoms with Crippen molar-refractivity contribution in [3.05, 3.63) is 35.4 Å². The van der Waals surface area contributed by atoms with Crippen LogP contribution < -0.4 is 0 Å². The molecular weight excluding hydrogens is 267 g/mol. The van der Waals surface area contributed by atoms with E-state index in [2.05, 4.69) is 4.90 Å². The summed E-state index contributed by atoms with van der Waals surface area (Å²) < 4.78 is 38.1. The molecule has 1 aromatic carbocycles. The average molecular weight is 287 g/mol. The summed E-state index contributed by atoms with van der Waals surface area (Å²) >= 11 is 0. The minimum absolute atomic E-state index is 0.0621. The lowest BCUT2D eigenvalue weighted by Crippen LogP contribution is -2.36. The molecule has 0 spiro atoms. The van der Waals surface area contributed by atoms with Crippen LogP contribution in [0.4, 0.5) is 13.2 Å². The SMILES string of the molecule is OCC1CCCCCN1Cc1cccc(C(F)(F)F)c1. The Morgan fingerprint density at radius 3 is 2.70 bits per heavy atom. The summed E-state index contributed by atoms with van der Waals surface area (Å²) in [5, 5.41) is 9.43. The van der Waals surface area contributed by atoms with Gasteiger partial charge in [-0.3, -0.25) is 4.90 Å². The molecule has 2 nitrogen and oxygen atoms in total. The van der Waals surface area contributed by atoms with Gasteiger partial charge in [0.1, 0.15) is 0 Å². The fourth-order valence-corrected chi connectivity index (χ4v) is 2.73. The van der Waals surface area contributed by atoms with Crippen molar-refractivity contribution in [2.24, 2.45) is 0 Å². The lowest BCUT2D eigenvalue weighted by molar-refractivity contribution is -0.137. The molecule has 2 rings (SSSR count). The quantitative estimate of drug-likeness (QED) is 0.920. The van der Waals surface area contributed by atoms with Crippen LogP contribution in [0, 0.1) is 0 Å². The monoisotopic (exact) mass is 287 g/mol. The predicted molar refractivity (Wildman–Crippen MR) is 71.2 cm³/mol. The number of rotatable bonds is 3. The van der Waals surface area contributed by atoms with Crippen LogP contribution in [0.15, 0.2) is 24.3 Å². The first-order chi connectivity index (χ1) is 9.50. The highest BCUT2D eigenvalue weighted by atomic mass is 19.4. The molecule has 20 heavy (non-hydrogen) atoms. The molecule has 1 aliphatic rings. The maximum atomic E-state index is 12.7. The Kier molecular flexibility index (Phi) is 5.05. The van der Waals surface area contributed by atoms with E-state index < -0.39 is 11.7 Å². The summed E-state index contributed by atoms with van der Waals surface area (Å²) in [4.78, 5) is 2.10. The minimum Gasteiger partial charge on any atom is -0.395 e. The Morgan fingerprint density at radius 2 is 2.00 bits per heavy atom. The molecule has 1 saturated heterocycles. The van der Waals surface area contributed by atoms with Gasteiger partial charge in [-0.1, -0.05) is 31.0 Å². The van der Waals surface area contributed by atoms with E-state index in [-0.39, 0.29) is 12.6 Å². The van der Waals surface area contributed by atoms with Crippen LogP contribution in [0.5, 0.6) is 0 Å². The Morgan fingerprint density at radius 1 is 1.20 bits per heavy atom. The standard InChI is InChI=1S/C15H20F3NO/c16-15(17,18)13-6-4-5-12(9-13)10-19-8-3-1-2-7-14(19)11-20/h4-6,9,14,20H,1-3,7-8,10-11H2. The maximum absolute atomic E-state index is 12.7. The van der Waals surface area contributed by atoms with Crippen molar-refractivity contribution < 1.29 is 18.3 Å². The summed E-state index contributed by atoms with van der Waals surface area (Å²) in [5.74, 6) is 0.